The van der Waals surface area contributed by atoms with Crippen LogP contribution in [0.25, 0.3) is 0 Å². The van der Waals surface area contributed by atoms with Gasteiger partial charge >= 0.3 is 0 Å². The van der Waals surface area contributed by atoms with E-state index in [1.807, 2.05) is 24.3 Å². The Morgan fingerprint density at radius 1 is 0.773 bits per heavy atom. The molecule has 2 aromatic rings. The number of rotatable bonds is 4. The van der Waals surface area contributed by atoms with Crippen molar-refractivity contribution in [2.24, 2.45) is 9.98 Å². The maximum absolute atomic E-state index is 10.4. The molecule has 108 valence electrons. The number of nitrogens with one attached hydrogen (secondary N) is 2. The standard InChI is InChI=1S/C15H10N2O2.CH2N2/c18-10-16-14-7-3-1-5-12(14)9-13-6-2-4-8-15(13)17-11-19;2-1-3/h1-8H,9H2;2-3H. The summed E-state index contributed by atoms with van der Waals surface area (Å²) >= 11 is 0. The second-order valence-corrected chi connectivity index (χ2v) is 3.97. The number of carbonyl (C=O) groups excluding carboxylic acids is 2. The molecule has 2 rings (SSSR count). The van der Waals surface area contributed by atoms with Crippen molar-refractivity contribution in [3.63, 3.8) is 0 Å². The fourth-order valence-corrected chi connectivity index (χ4v) is 1.84. The Balaban J connectivity index is 0.000000745. The van der Waals surface area contributed by atoms with E-state index in [9.17, 15) is 9.59 Å². The predicted molar refractivity (Wildman–Crippen MR) is 81.7 cm³/mol. The Morgan fingerprint density at radius 2 is 1.14 bits per heavy atom. The Hall–Kier alpha value is -3.42. The summed E-state index contributed by atoms with van der Waals surface area (Å²) in [5.41, 5.74) is 2.89. The highest BCUT2D eigenvalue weighted by Gasteiger charge is 2.05. The monoisotopic (exact) mass is 292 g/mol. The van der Waals surface area contributed by atoms with Crippen molar-refractivity contribution >= 4 is 29.5 Å². The maximum atomic E-state index is 10.4. The Labute approximate surface area is 126 Å². The highest BCUT2D eigenvalue weighted by Crippen LogP contribution is 2.26. The van der Waals surface area contributed by atoms with Crippen LogP contribution in [-0.4, -0.2) is 18.2 Å². The van der Waals surface area contributed by atoms with Gasteiger partial charge in [-0.2, -0.15) is 9.98 Å². The van der Waals surface area contributed by atoms with Crippen molar-refractivity contribution in [2.75, 3.05) is 0 Å². The summed E-state index contributed by atoms with van der Waals surface area (Å²) < 4.78 is 0. The van der Waals surface area contributed by atoms with E-state index in [-0.39, 0.29) is 0 Å². The molecule has 0 aromatic heterocycles. The van der Waals surface area contributed by atoms with Crippen LogP contribution >= 0.6 is 0 Å². The van der Waals surface area contributed by atoms with Crippen LogP contribution in [0.3, 0.4) is 0 Å². The van der Waals surface area contributed by atoms with Crippen LogP contribution in [0.4, 0.5) is 11.4 Å². The number of aliphatic imine (C=N–C) groups is 2. The molecule has 0 unspecified atom stereocenters. The highest BCUT2D eigenvalue weighted by molar-refractivity contribution is 5.59. The Bertz CT molecular complexity index is 708. The van der Waals surface area contributed by atoms with Crippen molar-refractivity contribution in [1.29, 1.82) is 10.8 Å². The molecule has 0 fully saturated rings. The van der Waals surface area contributed by atoms with E-state index >= 15 is 0 Å². The van der Waals surface area contributed by atoms with E-state index in [1.165, 1.54) is 18.2 Å². The second-order valence-electron chi connectivity index (χ2n) is 3.97. The van der Waals surface area contributed by atoms with Gasteiger partial charge in [0.25, 0.3) is 0 Å². The van der Waals surface area contributed by atoms with Gasteiger partial charge < -0.3 is 0 Å². The van der Waals surface area contributed by atoms with Gasteiger partial charge in [-0.1, -0.05) is 36.4 Å². The van der Waals surface area contributed by atoms with Crippen LogP contribution in [0.1, 0.15) is 11.1 Å². The van der Waals surface area contributed by atoms with Crippen molar-refractivity contribution in [3.05, 3.63) is 59.7 Å². The van der Waals surface area contributed by atoms with Crippen molar-refractivity contribution in [3.8, 4) is 0 Å². The number of benzene rings is 2. The van der Waals surface area contributed by atoms with Crippen LogP contribution in [0.5, 0.6) is 0 Å². The summed E-state index contributed by atoms with van der Waals surface area (Å²) in [6, 6.07) is 15.8. The summed E-state index contributed by atoms with van der Waals surface area (Å²) in [5.74, 6) is 0. The molecule has 2 N–H and O–H groups in total. The minimum atomic E-state index is 0.530. The third-order valence-electron chi connectivity index (χ3n) is 2.70. The summed E-state index contributed by atoms with van der Waals surface area (Å²) in [4.78, 5) is 28.1. The lowest BCUT2D eigenvalue weighted by molar-refractivity contribution is 0.564. The zero-order chi connectivity index (χ0) is 16.2. The van der Waals surface area contributed by atoms with Crippen molar-refractivity contribution in [1.82, 2.24) is 0 Å². The molecule has 0 aliphatic carbocycles. The first kappa shape index (κ1) is 16.6. The lowest BCUT2D eigenvalue weighted by Gasteiger charge is -2.06. The molecular weight excluding hydrogens is 280 g/mol. The smallest absolute Gasteiger partial charge is 0.240 e. The largest absolute Gasteiger partial charge is 0.242 e. The molecular formula is C16H12N4O2. The fraction of sp³-hybridized carbons (Fsp3) is 0.0625. The topological polar surface area (TPSA) is 107 Å². The third-order valence-corrected chi connectivity index (χ3v) is 2.70. The molecule has 2 aromatic carbocycles. The summed E-state index contributed by atoms with van der Waals surface area (Å²) in [6.07, 6.45) is 3.61. The second kappa shape index (κ2) is 9.48. The van der Waals surface area contributed by atoms with Gasteiger partial charge in [-0.3, -0.25) is 0 Å². The molecule has 0 spiro atoms. The van der Waals surface area contributed by atoms with Gasteiger partial charge in [0.05, 0.1) is 17.4 Å². The van der Waals surface area contributed by atoms with Gasteiger partial charge in [0.15, 0.2) is 0 Å². The zero-order valence-corrected chi connectivity index (χ0v) is 11.5. The van der Waals surface area contributed by atoms with Crippen LogP contribution in [-0.2, 0) is 16.0 Å². The number of nitrogens with zero attached hydrogens (tertiary/aromatic N) is 2. The van der Waals surface area contributed by atoms with E-state index in [4.69, 9.17) is 10.8 Å². The van der Waals surface area contributed by atoms with E-state index in [0.29, 0.717) is 17.8 Å². The molecule has 0 aliphatic rings. The lowest BCUT2D eigenvalue weighted by atomic mass is 10.0. The molecule has 0 radical (unpaired) electrons. The van der Waals surface area contributed by atoms with Gasteiger partial charge in [0.1, 0.15) is 0 Å². The molecule has 22 heavy (non-hydrogen) atoms. The molecule has 6 heteroatoms. The Morgan fingerprint density at radius 3 is 1.50 bits per heavy atom. The number of isocyanates is 2. The van der Waals surface area contributed by atoms with E-state index in [2.05, 4.69) is 9.98 Å². The molecule has 6 nitrogen and oxygen atoms in total. The minimum absolute atomic E-state index is 0.530. The SMILES string of the molecule is N=C=N.O=C=Nc1ccccc1Cc1ccccc1N=C=O. The molecule has 0 saturated carbocycles. The first-order valence-electron chi connectivity index (χ1n) is 6.16. The van der Waals surface area contributed by atoms with Gasteiger partial charge in [-0.25, -0.2) is 20.4 Å². The van der Waals surface area contributed by atoms with Gasteiger partial charge in [0, 0.05) is 6.42 Å². The average Bonchev–Trinajstić information content (AvgIpc) is 2.52. The number of para-hydroxylation sites is 2. The van der Waals surface area contributed by atoms with Crippen LogP contribution < -0.4 is 0 Å². The normalized spacial score (nSPS) is 8.36. The summed E-state index contributed by atoms with van der Waals surface area (Å²) in [6.45, 7) is 0. The third kappa shape index (κ3) is 4.93. The zero-order valence-electron chi connectivity index (χ0n) is 11.5. The average molecular weight is 292 g/mol. The Kier molecular flexibility index (Phi) is 7.17. The van der Waals surface area contributed by atoms with E-state index in [1.54, 1.807) is 24.3 Å². The molecule has 0 aliphatic heterocycles. The number of hydrogen-bond donors (Lipinski definition) is 2. The molecule has 0 saturated heterocycles. The van der Waals surface area contributed by atoms with Crippen molar-refractivity contribution < 1.29 is 9.59 Å². The van der Waals surface area contributed by atoms with Gasteiger partial charge in [-0.15, -0.1) is 0 Å². The van der Waals surface area contributed by atoms with E-state index < -0.39 is 0 Å². The first-order chi connectivity index (χ1) is 10.8. The van der Waals surface area contributed by atoms with E-state index in [0.717, 1.165) is 11.1 Å². The number of hydrogen-bond acceptors (Lipinski definition) is 6. The molecule has 0 bridgehead atoms. The van der Waals surface area contributed by atoms with Gasteiger partial charge in [-0.05, 0) is 23.3 Å². The highest BCUT2D eigenvalue weighted by atomic mass is 16.1. The van der Waals surface area contributed by atoms with Gasteiger partial charge in [0.2, 0.25) is 12.2 Å². The first-order valence-corrected chi connectivity index (χ1v) is 6.16. The quantitative estimate of drug-likeness (QED) is 0.664. The maximum Gasteiger partial charge on any atom is 0.240 e. The molecule has 0 amide bonds. The van der Waals surface area contributed by atoms with Crippen molar-refractivity contribution in [2.45, 2.75) is 6.42 Å². The van der Waals surface area contributed by atoms with Crippen LogP contribution in [0.15, 0.2) is 58.5 Å². The summed E-state index contributed by atoms with van der Waals surface area (Å²) in [5, 5.41) is 11.2. The lowest BCUT2D eigenvalue weighted by Crippen LogP contribution is -1.89. The van der Waals surface area contributed by atoms with Crippen LogP contribution in [0.2, 0.25) is 0 Å². The summed E-state index contributed by atoms with van der Waals surface area (Å²) in [7, 11) is 0. The fourth-order valence-electron chi connectivity index (χ4n) is 1.84. The predicted octanol–water partition coefficient (Wildman–Crippen LogP) is 3.53. The molecule has 0 atom stereocenters. The minimum Gasteiger partial charge on any atom is -0.242 e. The van der Waals surface area contributed by atoms with Crippen LogP contribution in [0, 0.1) is 10.8 Å². The molecule has 0 heterocycles.